The van der Waals surface area contributed by atoms with Crippen LogP contribution in [0.25, 0.3) is 11.2 Å². The molecule has 0 radical (unpaired) electrons. The summed E-state index contributed by atoms with van der Waals surface area (Å²) in [4.78, 5) is 24.0. The van der Waals surface area contributed by atoms with Crippen LogP contribution in [-0.2, 0) is 40.5 Å². The molecule has 3 aromatic rings. The maximum absolute atomic E-state index is 11.2. The van der Waals surface area contributed by atoms with Crippen molar-refractivity contribution in [1.82, 2.24) is 30.7 Å². The van der Waals surface area contributed by atoms with Crippen molar-refractivity contribution in [2.24, 2.45) is 0 Å². The number of imidazole rings is 1. The van der Waals surface area contributed by atoms with E-state index in [-0.39, 0.29) is 51.1 Å². The molecule has 0 aliphatic heterocycles. The molecule has 30 heavy (non-hydrogen) atoms. The first-order chi connectivity index (χ1) is 12.9. The Labute approximate surface area is 193 Å². The molecule has 1 aliphatic carbocycles. The van der Waals surface area contributed by atoms with Crippen LogP contribution in [0, 0.1) is 10.1 Å². The largest absolute Gasteiger partial charge is 2.00 e. The van der Waals surface area contributed by atoms with E-state index < -0.39 is 11.0 Å². The minimum atomic E-state index is -1.50. The maximum Gasteiger partial charge on any atom is 2.00 e. The number of nitrogens with two attached hydrogens (primary N) is 1. The van der Waals surface area contributed by atoms with E-state index in [1.54, 1.807) is 10.9 Å². The van der Waals surface area contributed by atoms with Gasteiger partial charge in [-0.1, -0.05) is 6.07 Å². The zero-order valence-electron chi connectivity index (χ0n) is 16.2. The summed E-state index contributed by atoms with van der Waals surface area (Å²) in [5.41, 5.74) is 8.91. The van der Waals surface area contributed by atoms with Gasteiger partial charge in [0.15, 0.2) is 5.65 Å². The average molecular weight is 622 g/mol. The molecule has 1 aliphatic rings. The van der Waals surface area contributed by atoms with E-state index >= 15 is 0 Å². The van der Waals surface area contributed by atoms with Crippen molar-refractivity contribution in [3.05, 3.63) is 46.0 Å². The third kappa shape index (κ3) is 8.44. The molecule has 3 heterocycles. The summed E-state index contributed by atoms with van der Waals surface area (Å²) in [7, 11) is 0. The van der Waals surface area contributed by atoms with Crippen molar-refractivity contribution in [3.8, 4) is 5.88 Å². The van der Waals surface area contributed by atoms with Crippen LogP contribution in [0.1, 0.15) is 31.0 Å². The maximum atomic E-state index is 11.2. The van der Waals surface area contributed by atoms with E-state index in [0.29, 0.717) is 12.2 Å². The van der Waals surface area contributed by atoms with Gasteiger partial charge in [0.05, 0.1) is 6.33 Å². The van der Waals surface area contributed by atoms with Crippen LogP contribution in [-0.4, -0.2) is 34.8 Å². The van der Waals surface area contributed by atoms with Gasteiger partial charge in [-0.25, -0.2) is 9.97 Å². The fourth-order valence-electron chi connectivity index (χ4n) is 2.70. The number of nitrogen functional groups attached to an aromatic ring is 1. The van der Waals surface area contributed by atoms with Gasteiger partial charge in [-0.15, -0.1) is 10.1 Å². The van der Waals surface area contributed by atoms with Gasteiger partial charge in [0.25, 0.3) is 5.09 Å². The molecule has 0 fully saturated rings. The predicted octanol–water partition coefficient (Wildman–Crippen LogP) is -1.72. The second kappa shape index (κ2) is 14.4. The molecule has 0 saturated carbocycles. The van der Waals surface area contributed by atoms with E-state index in [0.717, 1.165) is 0 Å². The number of pyridine rings is 1. The fourth-order valence-corrected chi connectivity index (χ4v) is 2.70. The second-order valence-corrected chi connectivity index (χ2v) is 5.64. The number of aryl methyl sites for hydroxylation is 3. The van der Waals surface area contributed by atoms with E-state index in [1.807, 2.05) is 19.2 Å². The third-order valence-corrected chi connectivity index (χ3v) is 3.88. The smallest absolute Gasteiger partial charge is 1.00 e. The van der Waals surface area contributed by atoms with Gasteiger partial charge in [-0.2, -0.15) is 4.98 Å². The quantitative estimate of drug-likeness (QED) is 0.207. The first kappa shape index (κ1) is 29.6. The molecule has 0 unspecified atom stereocenters. The van der Waals surface area contributed by atoms with Crippen LogP contribution in [0.15, 0.2) is 24.7 Å². The number of nitrogens with zero attached hydrogens (tertiary/aromatic N) is 6. The molecule has 12 nitrogen and oxygen atoms in total. The number of aromatic nitrogens is 5. The van der Waals surface area contributed by atoms with Crippen molar-refractivity contribution in [2.75, 3.05) is 5.73 Å². The topological polar surface area (TPSA) is 204 Å². The molecule has 6 N–H and O–H groups in total. The Hall–Kier alpha value is -2.56. The van der Waals surface area contributed by atoms with Crippen LogP contribution in [0.3, 0.4) is 0 Å². The van der Waals surface area contributed by atoms with Crippen LogP contribution < -0.4 is 29.4 Å². The van der Waals surface area contributed by atoms with E-state index in [1.165, 1.54) is 36.9 Å². The van der Waals surface area contributed by atoms with Crippen molar-refractivity contribution >= 4 is 17.1 Å². The average Bonchev–Trinajstić information content (AvgIpc) is 3.05. The molecule has 0 bridgehead atoms. The molecule has 0 amide bonds. The Balaban J connectivity index is 0. The summed E-state index contributed by atoms with van der Waals surface area (Å²) in [6, 6.07) is 4.23. The van der Waals surface area contributed by atoms with Gasteiger partial charge >= 0.3 is 21.1 Å². The molecule has 0 spiro atoms. The molecule has 14 heteroatoms. The summed E-state index contributed by atoms with van der Waals surface area (Å²) in [5.74, 6) is -0.428. The number of anilines is 1. The summed E-state index contributed by atoms with van der Waals surface area (Å²) in [6.45, 7) is 2.64. The standard InChI is InChI=1S/C9H11N.C7H9N5O.ClH.HNO3.H3N.Pt/c1-2-6-9-8(4-1)5-3-7-10-9;1-2-12-3-9-4-5(12)10-7(8)11-6(4)13;;2-1(3)4;;/h3,5,7H,1-2,4,6H2;3H,2H2,1H3,(H3,8,10,11,13);1H;(H,2,3,4);1H3;/q;;;;;+2/p-2. The molecule has 0 saturated heterocycles. The third-order valence-electron chi connectivity index (χ3n) is 3.88. The zero-order chi connectivity index (χ0) is 19.8. The molecule has 4 rings (SSSR count). The minimum Gasteiger partial charge on any atom is -1.00 e. The second-order valence-electron chi connectivity index (χ2n) is 5.64. The van der Waals surface area contributed by atoms with Gasteiger partial charge in [0.2, 0.25) is 5.95 Å². The molecule has 168 valence electrons. The van der Waals surface area contributed by atoms with Crippen molar-refractivity contribution in [1.29, 1.82) is 0 Å². The summed E-state index contributed by atoms with van der Waals surface area (Å²) in [6.07, 6.45) is 8.55. The number of rotatable bonds is 1. The number of hydrogen-bond acceptors (Lipinski definition) is 9. The monoisotopic (exact) mass is 621 g/mol. The first-order valence-electron chi connectivity index (χ1n) is 8.33. The van der Waals surface area contributed by atoms with Crippen LogP contribution >= 0.6 is 0 Å². The van der Waals surface area contributed by atoms with E-state index in [2.05, 4.69) is 26.0 Å². The Kier molecular flexibility index (Phi) is 14.3. The molecule has 3 aromatic heterocycles. The number of halogens is 1. The Bertz CT molecular complexity index is 898. The van der Waals surface area contributed by atoms with Gasteiger partial charge < -0.3 is 39.2 Å². The van der Waals surface area contributed by atoms with Gasteiger partial charge in [-0.3, -0.25) is 4.98 Å². The number of fused-ring (bicyclic) bond motifs is 2. The first-order valence-corrected chi connectivity index (χ1v) is 8.33. The van der Waals surface area contributed by atoms with Crippen LogP contribution in [0.2, 0.25) is 0 Å². The van der Waals surface area contributed by atoms with Gasteiger partial charge in [0.1, 0.15) is 5.52 Å². The normalized spacial score (nSPS) is 11.0. The minimum absolute atomic E-state index is 0. The van der Waals surface area contributed by atoms with Crippen molar-refractivity contribution in [3.63, 3.8) is 0 Å². The Morgan fingerprint density at radius 1 is 1.27 bits per heavy atom. The Morgan fingerprint density at radius 3 is 2.50 bits per heavy atom. The fraction of sp³-hybridized carbons (Fsp3) is 0.375. The molecule has 0 aromatic carbocycles. The van der Waals surface area contributed by atoms with E-state index in [9.17, 15) is 5.11 Å². The summed E-state index contributed by atoms with van der Waals surface area (Å²) >= 11 is 0. The Morgan fingerprint density at radius 2 is 1.90 bits per heavy atom. The van der Waals surface area contributed by atoms with E-state index in [4.69, 9.17) is 21.1 Å². The van der Waals surface area contributed by atoms with Crippen LogP contribution in [0.5, 0.6) is 5.88 Å². The summed E-state index contributed by atoms with van der Waals surface area (Å²) in [5, 5.41) is 24.9. The van der Waals surface area contributed by atoms with Crippen molar-refractivity contribution in [2.45, 2.75) is 39.2 Å². The number of hydrogen-bond donors (Lipinski definition) is 3. The SMILES string of the molecule is CCn1cnc2c([O-])nc(N)nc21.N.O=[N+]([O-])O.[Cl-].[Pt+2].c1cnc2c(c1)CCCC2. The zero-order valence-corrected chi connectivity index (χ0v) is 19.2. The predicted molar refractivity (Wildman–Crippen MR) is 99.5 cm³/mol. The van der Waals surface area contributed by atoms with Crippen molar-refractivity contribution < 1.29 is 48.9 Å². The van der Waals surface area contributed by atoms with Gasteiger partial charge in [0, 0.05) is 24.3 Å². The summed E-state index contributed by atoms with van der Waals surface area (Å²) < 4.78 is 1.74. The van der Waals surface area contributed by atoms with Gasteiger partial charge in [-0.05, 0) is 44.2 Å². The van der Waals surface area contributed by atoms with Crippen LogP contribution in [0.4, 0.5) is 5.95 Å². The molecular weight excluding hydrogens is 599 g/mol. The molecule has 0 atom stereocenters. The molecular formula is C16H23ClN8O4Pt.